The third kappa shape index (κ3) is 4.60. The minimum atomic E-state index is -0.957. The van der Waals surface area contributed by atoms with Crippen molar-refractivity contribution in [3.63, 3.8) is 0 Å². The summed E-state index contributed by atoms with van der Waals surface area (Å²) in [5.74, 6) is -2.31. The zero-order chi connectivity index (χ0) is 16.8. The number of carbonyl (C=O) groups excluding carboxylic acids is 2. The van der Waals surface area contributed by atoms with Crippen LogP contribution in [0, 0.1) is 11.6 Å². The summed E-state index contributed by atoms with van der Waals surface area (Å²) in [6.45, 7) is 0. The van der Waals surface area contributed by atoms with Crippen LogP contribution < -0.4 is 11.1 Å². The molecule has 2 aromatic carbocycles. The number of rotatable bonds is 6. The Balaban J connectivity index is 2.00. The van der Waals surface area contributed by atoms with Gasteiger partial charge in [0.25, 0.3) is 0 Å². The van der Waals surface area contributed by atoms with E-state index < -0.39 is 29.5 Å². The van der Waals surface area contributed by atoms with Crippen LogP contribution in [0.1, 0.15) is 23.6 Å². The first-order chi connectivity index (χ1) is 11.0. The molecule has 1 atom stereocenters. The lowest BCUT2D eigenvalue weighted by Gasteiger charge is -2.16. The number of nitrogens with one attached hydrogen (secondary N) is 1. The summed E-state index contributed by atoms with van der Waals surface area (Å²) >= 11 is 0. The number of nitrogens with two attached hydrogens (primary N) is 1. The summed E-state index contributed by atoms with van der Waals surface area (Å²) in [5.41, 5.74) is 5.97. The van der Waals surface area contributed by atoms with Crippen molar-refractivity contribution in [3.8, 4) is 0 Å². The molecule has 0 heterocycles. The molecule has 0 spiro atoms. The summed E-state index contributed by atoms with van der Waals surface area (Å²) in [5, 5.41) is 2.51. The normalized spacial score (nSPS) is 11.7. The Labute approximate surface area is 132 Å². The third-order valence-electron chi connectivity index (χ3n) is 3.35. The molecule has 6 heteroatoms. The van der Waals surface area contributed by atoms with Gasteiger partial charge in [0.15, 0.2) is 0 Å². The summed E-state index contributed by atoms with van der Waals surface area (Å²) in [7, 11) is 0. The average Bonchev–Trinajstić information content (AvgIpc) is 2.54. The lowest BCUT2D eigenvalue weighted by atomic mass is 10.1. The Hall–Kier alpha value is -2.76. The Morgan fingerprint density at radius 2 is 1.78 bits per heavy atom. The van der Waals surface area contributed by atoms with E-state index in [2.05, 4.69) is 5.32 Å². The number of halogens is 2. The van der Waals surface area contributed by atoms with E-state index in [1.807, 2.05) is 0 Å². The van der Waals surface area contributed by atoms with Crippen molar-refractivity contribution in [3.05, 3.63) is 71.3 Å². The Bertz CT molecular complexity index is 705. The van der Waals surface area contributed by atoms with Crippen molar-refractivity contribution >= 4 is 11.8 Å². The van der Waals surface area contributed by atoms with Gasteiger partial charge >= 0.3 is 0 Å². The van der Waals surface area contributed by atoms with Crippen LogP contribution >= 0.6 is 0 Å². The van der Waals surface area contributed by atoms with Gasteiger partial charge in [0.2, 0.25) is 11.8 Å². The van der Waals surface area contributed by atoms with Gasteiger partial charge in [-0.2, -0.15) is 0 Å². The second kappa shape index (κ2) is 7.49. The molecular weight excluding hydrogens is 302 g/mol. The highest BCUT2D eigenvalue weighted by molar-refractivity contribution is 5.87. The zero-order valence-corrected chi connectivity index (χ0v) is 12.3. The topological polar surface area (TPSA) is 72.2 Å². The smallest absolute Gasteiger partial charge is 0.244 e. The second-order valence-corrected chi connectivity index (χ2v) is 5.05. The van der Waals surface area contributed by atoms with Gasteiger partial charge in [0, 0.05) is 6.42 Å². The number of amides is 2. The van der Waals surface area contributed by atoms with Crippen LogP contribution in [-0.4, -0.2) is 11.8 Å². The second-order valence-electron chi connectivity index (χ2n) is 5.05. The number of hydrogen-bond donors (Lipinski definition) is 2. The van der Waals surface area contributed by atoms with E-state index in [0.29, 0.717) is 5.56 Å². The molecule has 1 unspecified atom stereocenters. The average molecular weight is 318 g/mol. The van der Waals surface area contributed by atoms with E-state index in [9.17, 15) is 18.4 Å². The predicted molar refractivity (Wildman–Crippen MR) is 81.2 cm³/mol. The van der Waals surface area contributed by atoms with E-state index in [4.69, 9.17) is 5.73 Å². The first-order valence-electron chi connectivity index (χ1n) is 7.05. The van der Waals surface area contributed by atoms with Crippen molar-refractivity contribution in [2.24, 2.45) is 5.73 Å². The molecule has 120 valence electrons. The monoisotopic (exact) mass is 318 g/mol. The van der Waals surface area contributed by atoms with E-state index in [1.54, 1.807) is 30.3 Å². The Kier molecular flexibility index (Phi) is 5.41. The first kappa shape index (κ1) is 16.6. The number of hydrogen-bond acceptors (Lipinski definition) is 2. The maximum absolute atomic E-state index is 13.5. The Morgan fingerprint density at radius 1 is 1.09 bits per heavy atom. The van der Waals surface area contributed by atoms with Gasteiger partial charge in [-0.1, -0.05) is 30.3 Å². The van der Waals surface area contributed by atoms with E-state index in [1.165, 1.54) is 0 Å². The van der Waals surface area contributed by atoms with Gasteiger partial charge in [0.1, 0.15) is 17.7 Å². The summed E-state index contributed by atoms with van der Waals surface area (Å²) in [6, 6.07) is 10.7. The van der Waals surface area contributed by atoms with E-state index >= 15 is 0 Å². The van der Waals surface area contributed by atoms with Crippen LogP contribution in [0.15, 0.2) is 48.5 Å². The summed E-state index contributed by atoms with van der Waals surface area (Å²) < 4.78 is 26.6. The van der Waals surface area contributed by atoms with Crippen molar-refractivity contribution < 1.29 is 18.4 Å². The van der Waals surface area contributed by atoms with Gasteiger partial charge in [-0.3, -0.25) is 9.59 Å². The molecule has 0 saturated heterocycles. The molecule has 23 heavy (non-hydrogen) atoms. The SMILES string of the molecule is NC(=O)C(NC(=O)CCc1cc(F)ccc1F)c1ccccc1. The quantitative estimate of drug-likeness (QED) is 0.857. The highest BCUT2D eigenvalue weighted by Crippen LogP contribution is 2.14. The molecule has 4 nitrogen and oxygen atoms in total. The minimum Gasteiger partial charge on any atom is -0.368 e. The van der Waals surface area contributed by atoms with Crippen molar-refractivity contribution in [1.82, 2.24) is 5.32 Å². The molecule has 0 aliphatic rings. The highest BCUT2D eigenvalue weighted by Gasteiger charge is 2.20. The van der Waals surface area contributed by atoms with Gasteiger partial charge in [-0.25, -0.2) is 8.78 Å². The molecule has 2 aromatic rings. The zero-order valence-electron chi connectivity index (χ0n) is 12.3. The molecule has 3 N–H and O–H groups in total. The van der Waals surface area contributed by atoms with Crippen molar-refractivity contribution in [1.29, 1.82) is 0 Å². The number of aryl methyl sites for hydroxylation is 1. The van der Waals surface area contributed by atoms with E-state index in [0.717, 1.165) is 18.2 Å². The number of primary amides is 1. The molecular formula is C17H16F2N2O2. The Morgan fingerprint density at radius 3 is 2.43 bits per heavy atom. The molecule has 2 rings (SSSR count). The largest absolute Gasteiger partial charge is 0.368 e. The predicted octanol–water partition coefficient (Wildman–Crippen LogP) is 2.24. The van der Waals surface area contributed by atoms with Gasteiger partial charge < -0.3 is 11.1 Å². The molecule has 0 saturated carbocycles. The van der Waals surface area contributed by atoms with Gasteiger partial charge in [-0.15, -0.1) is 0 Å². The number of benzene rings is 2. The third-order valence-corrected chi connectivity index (χ3v) is 3.35. The van der Waals surface area contributed by atoms with E-state index in [-0.39, 0.29) is 18.4 Å². The standard InChI is InChI=1S/C17H16F2N2O2/c18-13-7-8-14(19)12(10-13)6-9-15(22)21-16(17(20)23)11-4-2-1-3-5-11/h1-5,7-8,10,16H,6,9H2,(H2,20,23)(H,21,22). The van der Waals surface area contributed by atoms with Crippen LogP contribution in [0.2, 0.25) is 0 Å². The van der Waals surface area contributed by atoms with Crippen molar-refractivity contribution in [2.45, 2.75) is 18.9 Å². The molecule has 0 aliphatic carbocycles. The van der Waals surface area contributed by atoms with Crippen LogP contribution in [0.3, 0.4) is 0 Å². The summed E-state index contributed by atoms with van der Waals surface area (Å²) in [6.07, 6.45) is -0.0628. The molecule has 0 aliphatic heterocycles. The maximum Gasteiger partial charge on any atom is 0.244 e. The molecule has 0 aromatic heterocycles. The van der Waals surface area contributed by atoms with Gasteiger partial charge in [0.05, 0.1) is 0 Å². The van der Waals surface area contributed by atoms with Crippen LogP contribution in [0.4, 0.5) is 8.78 Å². The van der Waals surface area contributed by atoms with Crippen LogP contribution in [0.5, 0.6) is 0 Å². The molecule has 0 fully saturated rings. The fourth-order valence-electron chi connectivity index (χ4n) is 2.18. The molecule has 0 radical (unpaired) electrons. The van der Waals surface area contributed by atoms with Gasteiger partial charge in [-0.05, 0) is 35.7 Å². The number of carbonyl (C=O) groups is 2. The lowest BCUT2D eigenvalue weighted by Crippen LogP contribution is -2.37. The first-order valence-corrected chi connectivity index (χ1v) is 7.05. The minimum absolute atomic E-state index is 0.0235. The molecule has 0 bridgehead atoms. The molecule has 2 amide bonds. The lowest BCUT2D eigenvalue weighted by molar-refractivity contribution is -0.127. The summed E-state index contributed by atoms with van der Waals surface area (Å²) in [4.78, 5) is 23.5. The van der Waals surface area contributed by atoms with Crippen LogP contribution in [-0.2, 0) is 16.0 Å². The maximum atomic E-state index is 13.5. The fraction of sp³-hybridized carbons (Fsp3) is 0.176. The fourth-order valence-corrected chi connectivity index (χ4v) is 2.18. The highest BCUT2D eigenvalue weighted by atomic mass is 19.1. The van der Waals surface area contributed by atoms with Crippen molar-refractivity contribution in [2.75, 3.05) is 0 Å². The van der Waals surface area contributed by atoms with Crippen LogP contribution in [0.25, 0.3) is 0 Å².